The second-order valence-electron chi connectivity index (χ2n) is 15.3. The third-order valence-electron chi connectivity index (χ3n) is 10.0. The number of carbonyl (C=O) groups excluding carboxylic acids is 3. The minimum atomic E-state index is -0.654. The highest BCUT2D eigenvalue weighted by atomic mass is 16.5. The first-order valence-electron chi connectivity index (χ1n) is 22.4. The average molecular weight is 771 g/mol. The van der Waals surface area contributed by atoms with Gasteiger partial charge in [-0.25, -0.2) is 0 Å². The summed E-state index contributed by atoms with van der Waals surface area (Å²) in [5.41, 5.74) is 0. The molecule has 0 aromatic rings. The third kappa shape index (κ3) is 33.2. The number of likely N-dealkylation sites (tertiary alicyclic amines) is 1. The van der Waals surface area contributed by atoms with E-state index in [-0.39, 0.29) is 31.4 Å². The second kappa shape index (κ2) is 38.2. The molecule has 55 heavy (non-hydrogen) atoms. The summed E-state index contributed by atoms with van der Waals surface area (Å²) < 4.78 is 16.3. The molecule has 0 aromatic carbocycles. The molecule has 8 nitrogen and oxygen atoms in total. The lowest BCUT2D eigenvalue weighted by atomic mass is 10.1. The minimum absolute atomic E-state index is 0.0470. The summed E-state index contributed by atoms with van der Waals surface area (Å²) in [6, 6.07) is -0.654. The Labute approximate surface area is 337 Å². The van der Waals surface area contributed by atoms with Gasteiger partial charge in [-0.2, -0.15) is 0 Å². The van der Waals surface area contributed by atoms with Crippen LogP contribution in [0.1, 0.15) is 181 Å². The maximum absolute atomic E-state index is 12.8. The van der Waals surface area contributed by atoms with Gasteiger partial charge in [-0.05, 0) is 77.0 Å². The number of nitrogens with zero attached hydrogens (tertiary/aromatic N) is 1. The van der Waals surface area contributed by atoms with E-state index in [1.165, 1.54) is 89.9 Å². The van der Waals surface area contributed by atoms with Gasteiger partial charge in [0.15, 0.2) is 0 Å². The van der Waals surface area contributed by atoms with Crippen molar-refractivity contribution in [3.05, 3.63) is 48.6 Å². The first-order chi connectivity index (χ1) is 27.0. The first kappa shape index (κ1) is 50.3. The predicted molar refractivity (Wildman–Crippen MR) is 229 cm³/mol. The molecular weight excluding hydrogens is 689 g/mol. The van der Waals surface area contributed by atoms with Crippen LogP contribution in [-0.4, -0.2) is 74.8 Å². The summed E-state index contributed by atoms with van der Waals surface area (Å²) in [6.07, 6.45) is 46.0. The highest BCUT2D eigenvalue weighted by molar-refractivity contribution is 5.81. The molecule has 0 aromatic heterocycles. The molecule has 1 rings (SSSR count). The maximum atomic E-state index is 12.8. The van der Waals surface area contributed by atoms with E-state index < -0.39 is 18.0 Å². The van der Waals surface area contributed by atoms with Crippen LogP contribution in [-0.2, 0) is 28.6 Å². The number of ether oxygens (including phenoxy) is 3. The van der Waals surface area contributed by atoms with Crippen LogP contribution >= 0.6 is 0 Å². The van der Waals surface area contributed by atoms with E-state index in [1.807, 2.05) is 4.90 Å². The van der Waals surface area contributed by atoms with Crippen molar-refractivity contribution in [2.24, 2.45) is 0 Å². The largest absolute Gasteiger partial charge is 0.466 e. The molecule has 0 atom stereocenters. The second-order valence-corrected chi connectivity index (χ2v) is 15.3. The van der Waals surface area contributed by atoms with Crippen molar-refractivity contribution in [1.82, 2.24) is 10.2 Å². The monoisotopic (exact) mass is 771 g/mol. The summed E-state index contributed by atoms with van der Waals surface area (Å²) in [5.74, 6) is -1.00. The van der Waals surface area contributed by atoms with E-state index in [0.717, 1.165) is 64.2 Å². The summed E-state index contributed by atoms with van der Waals surface area (Å²) >= 11 is 0. The van der Waals surface area contributed by atoms with E-state index in [4.69, 9.17) is 14.2 Å². The molecule has 0 saturated carbocycles. The van der Waals surface area contributed by atoms with Gasteiger partial charge in [0.25, 0.3) is 0 Å². The molecule has 0 aliphatic carbocycles. The van der Waals surface area contributed by atoms with Gasteiger partial charge < -0.3 is 19.5 Å². The average Bonchev–Trinajstić information content (AvgIpc) is 3.15. The lowest BCUT2D eigenvalue weighted by Crippen LogP contribution is -2.55. The summed E-state index contributed by atoms with van der Waals surface area (Å²) in [5, 5.41) is 2.89. The van der Waals surface area contributed by atoms with E-state index in [0.29, 0.717) is 26.3 Å². The Morgan fingerprint density at radius 1 is 0.564 bits per heavy atom. The molecule has 0 unspecified atom stereocenters. The SMILES string of the molecule is CCCCC/C=C\C/C=C\CCCCCCCCOC(=O)CC(CC(=O)OCCCCCCCC/C=C\C/C=C\CCCCC)NC(=O)CN1CC(OC)C1. The molecule has 0 radical (unpaired) electrons. The highest BCUT2D eigenvalue weighted by Crippen LogP contribution is 2.13. The smallest absolute Gasteiger partial charge is 0.307 e. The Kier molecular flexibility index (Phi) is 34.9. The van der Waals surface area contributed by atoms with Gasteiger partial charge >= 0.3 is 11.9 Å². The van der Waals surface area contributed by atoms with Crippen molar-refractivity contribution in [3.63, 3.8) is 0 Å². The molecule has 1 amide bonds. The highest BCUT2D eigenvalue weighted by Gasteiger charge is 2.29. The quantitative estimate of drug-likeness (QED) is 0.0379. The van der Waals surface area contributed by atoms with Crippen molar-refractivity contribution >= 4 is 17.8 Å². The lowest BCUT2D eigenvalue weighted by Gasteiger charge is -2.37. The van der Waals surface area contributed by atoms with Crippen LogP contribution < -0.4 is 5.32 Å². The standard InChI is InChI=1S/C47H82N2O6/c1-4-6-8-10-12-14-16-18-20-22-24-26-28-30-32-34-36-54-46(51)38-43(48-45(50)42-49-40-44(41-49)53-3)39-47(52)55-37-35-33-31-29-27-25-23-21-19-17-15-13-11-9-7-5-2/h12-15,18-21,43-44H,4-11,16-17,22-42H2,1-3H3,(H,48,50)/b14-12-,15-13-,20-18-,21-19-. The number of hydrogen-bond acceptors (Lipinski definition) is 7. The number of allylic oxidation sites excluding steroid dienone is 8. The van der Waals surface area contributed by atoms with Crippen molar-refractivity contribution in [2.45, 2.75) is 193 Å². The number of esters is 2. The zero-order valence-electron chi connectivity index (χ0n) is 35.6. The molecule has 0 bridgehead atoms. The third-order valence-corrected chi connectivity index (χ3v) is 10.0. The normalized spacial score (nSPS) is 13.9. The molecule has 8 heteroatoms. The fourth-order valence-corrected chi connectivity index (χ4v) is 6.52. The molecule has 1 fully saturated rings. The number of unbranched alkanes of at least 4 members (excludes halogenated alkanes) is 18. The van der Waals surface area contributed by atoms with Crippen LogP contribution in [0.25, 0.3) is 0 Å². The summed E-state index contributed by atoms with van der Waals surface area (Å²) in [4.78, 5) is 40.1. The van der Waals surface area contributed by atoms with E-state index >= 15 is 0 Å². The summed E-state index contributed by atoms with van der Waals surface area (Å²) in [6.45, 7) is 6.79. The topological polar surface area (TPSA) is 94.2 Å². The number of nitrogens with one attached hydrogen (secondary N) is 1. The summed E-state index contributed by atoms with van der Waals surface area (Å²) in [7, 11) is 1.67. The van der Waals surface area contributed by atoms with Crippen molar-refractivity contribution in [1.29, 1.82) is 0 Å². The molecule has 1 saturated heterocycles. The maximum Gasteiger partial charge on any atom is 0.307 e. The van der Waals surface area contributed by atoms with Gasteiger partial charge in [0.05, 0.1) is 38.7 Å². The zero-order valence-corrected chi connectivity index (χ0v) is 35.6. The van der Waals surface area contributed by atoms with Crippen LogP contribution in [0.3, 0.4) is 0 Å². The Balaban J connectivity index is 2.20. The van der Waals surface area contributed by atoms with Crippen molar-refractivity contribution in [3.8, 4) is 0 Å². The van der Waals surface area contributed by atoms with Crippen LogP contribution in [0.4, 0.5) is 0 Å². The lowest BCUT2D eigenvalue weighted by molar-refractivity contribution is -0.146. The number of carbonyl (C=O) groups is 3. The molecule has 0 spiro atoms. The molecule has 1 aliphatic heterocycles. The Morgan fingerprint density at radius 2 is 0.945 bits per heavy atom. The number of amides is 1. The van der Waals surface area contributed by atoms with E-state index in [1.54, 1.807) is 7.11 Å². The Hall–Kier alpha value is -2.71. The fraction of sp³-hybridized carbons (Fsp3) is 0.766. The zero-order chi connectivity index (χ0) is 39.9. The Bertz CT molecular complexity index is 984. The molecule has 1 N–H and O–H groups in total. The predicted octanol–water partition coefficient (Wildman–Crippen LogP) is 11.3. The first-order valence-corrected chi connectivity index (χ1v) is 22.4. The van der Waals surface area contributed by atoms with Gasteiger partial charge in [-0.3, -0.25) is 19.3 Å². The molecule has 316 valence electrons. The van der Waals surface area contributed by atoms with Gasteiger partial charge in [0, 0.05) is 26.2 Å². The van der Waals surface area contributed by atoms with Crippen LogP contribution in [0.15, 0.2) is 48.6 Å². The number of rotatable bonds is 38. The van der Waals surface area contributed by atoms with Crippen LogP contribution in [0.5, 0.6) is 0 Å². The van der Waals surface area contributed by atoms with Gasteiger partial charge in [0.2, 0.25) is 5.91 Å². The molecule has 1 aliphatic rings. The van der Waals surface area contributed by atoms with Crippen molar-refractivity contribution < 1.29 is 28.6 Å². The minimum Gasteiger partial charge on any atom is -0.466 e. The van der Waals surface area contributed by atoms with Crippen LogP contribution in [0, 0.1) is 0 Å². The molecular formula is C47H82N2O6. The van der Waals surface area contributed by atoms with E-state index in [2.05, 4.69) is 67.8 Å². The fourth-order valence-electron chi connectivity index (χ4n) is 6.52. The van der Waals surface area contributed by atoms with Crippen LogP contribution in [0.2, 0.25) is 0 Å². The van der Waals surface area contributed by atoms with E-state index in [9.17, 15) is 14.4 Å². The Morgan fingerprint density at radius 3 is 1.35 bits per heavy atom. The van der Waals surface area contributed by atoms with Gasteiger partial charge in [-0.1, -0.05) is 140 Å². The number of hydrogen-bond donors (Lipinski definition) is 1. The van der Waals surface area contributed by atoms with Gasteiger partial charge in [-0.15, -0.1) is 0 Å². The molecule has 1 heterocycles. The van der Waals surface area contributed by atoms with Gasteiger partial charge in [0.1, 0.15) is 0 Å². The number of methoxy groups -OCH3 is 1. The van der Waals surface area contributed by atoms with Crippen molar-refractivity contribution in [2.75, 3.05) is 40.0 Å².